The van der Waals surface area contributed by atoms with Crippen molar-refractivity contribution in [2.24, 2.45) is 5.92 Å². The van der Waals surface area contributed by atoms with Gasteiger partial charge in [-0.05, 0) is 19.3 Å². The van der Waals surface area contributed by atoms with Crippen LogP contribution >= 0.6 is 0 Å². The Morgan fingerprint density at radius 2 is 2.12 bits per heavy atom. The lowest BCUT2D eigenvalue weighted by atomic mass is 9.88. The maximum absolute atomic E-state index is 12.1. The molecule has 0 saturated carbocycles. The molecule has 2 fully saturated rings. The molecule has 0 spiro atoms. The number of amides is 1. The Balaban J connectivity index is 1.83. The van der Waals surface area contributed by atoms with Crippen LogP contribution in [0.2, 0.25) is 0 Å². The van der Waals surface area contributed by atoms with Crippen molar-refractivity contribution in [2.45, 2.75) is 43.9 Å². The van der Waals surface area contributed by atoms with Crippen LogP contribution in [0.25, 0.3) is 0 Å². The fourth-order valence-electron chi connectivity index (χ4n) is 2.78. The minimum atomic E-state index is -4.19. The SMILES string of the molecule is CN(CCC(F)(F)F)C(=O)C1CC2CCC1N2. The first-order valence-electron chi connectivity index (χ1n) is 5.94. The van der Waals surface area contributed by atoms with E-state index in [4.69, 9.17) is 0 Å². The molecule has 0 aromatic heterocycles. The van der Waals surface area contributed by atoms with Crippen molar-refractivity contribution in [3.8, 4) is 0 Å². The highest BCUT2D eigenvalue weighted by Crippen LogP contribution is 2.34. The highest BCUT2D eigenvalue weighted by Gasteiger charge is 2.43. The van der Waals surface area contributed by atoms with Crippen molar-refractivity contribution < 1.29 is 18.0 Å². The second-order valence-electron chi connectivity index (χ2n) is 5.01. The summed E-state index contributed by atoms with van der Waals surface area (Å²) in [4.78, 5) is 13.2. The second kappa shape index (κ2) is 4.48. The summed E-state index contributed by atoms with van der Waals surface area (Å²) in [7, 11) is 1.46. The average Bonchev–Trinajstić information content (AvgIpc) is 2.85. The van der Waals surface area contributed by atoms with E-state index < -0.39 is 12.6 Å². The van der Waals surface area contributed by atoms with Crippen molar-refractivity contribution >= 4 is 5.91 Å². The van der Waals surface area contributed by atoms with Crippen LogP contribution in [0.5, 0.6) is 0 Å². The van der Waals surface area contributed by atoms with E-state index in [2.05, 4.69) is 5.32 Å². The van der Waals surface area contributed by atoms with Crippen molar-refractivity contribution in [1.82, 2.24) is 10.2 Å². The molecular formula is C11H17F3N2O. The molecule has 98 valence electrons. The van der Waals surface area contributed by atoms with Gasteiger partial charge in [-0.2, -0.15) is 13.2 Å². The maximum atomic E-state index is 12.1. The summed E-state index contributed by atoms with van der Waals surface area (Å²) in [5.41, 5.74) is 0. The molecule has 1 N–H and O–H groups in total. The van der Waals surface area contributed by atoms with Gasteiger partial charge in [0.1, 0.15) is 0 Å². The van der Waals surface area contributed by atoms with Gasteiger partial charge in [0.25, 0.3) is 0 Å². The Morgan fingerprint density at radius 3 is 2.59 bits per heavy atom. The molecular weight excluding hydrogens is 233 g/mol. The first-order valence-corrected chi connectivity index (χ1v) is 5.94. The number of hydrogen-bond acceptors (Lipinski definition) is 2. The first kappa shape index (κ1) is 12.7. The fraction of sp³-hybridized carbons (Fsp3) is 0.909. The summed E-state index contributed by atoms with van der Waals surface area (Å²) in [5.74, 6) is -0.263. The van der Waals surface area contributed by atoms with Gasteiger partial charge in [0.15, 0.2) is 0 Å². The van der Waals surface area contributed by atoms with E-state index in [0.29, 0.717) is 6.04 Å². The molecule has 2 heterocycles. The summed E-state index contributed by atoms with van der Waals surface area (Å²) >= 11 is 0. The highest BCUT2D eigenvalue weighted by atomic mass is 19.4. The van der Waals surface area contributed by atoms with E-state index in [1.54, 1.807) is 0 Å². The molecule has 0 aromatic carbocycles. The molecule has 3 nitrogen and oxygen atoms in total. The van der Waals surface area contributed by atoms with Gasteiger partial charge in [0.2, 0.25) is 5.91 Å². The molecule has 2 aliphatic rings. The molecule has 6 heteroatoms. The molecule has 0 aliphatic carbocycles. The summed E-state index contributed by atoms with van der Waals surface area (Å²) in [6.07, 6.45) is -2.29. The molecule has 3 atom stereocenters. The quantitative estimate of drug-likeness (QED) is 0.824. The number of carbonyl (C=O) groups excluding carboxylic acids is 1. The number of carbonyl (C=O) groups is 1. The van der Waals surface area contributed by atoms with Gasteiger partial charge in [0.05, 0.1) is 12.3 Å². The lowest BCUT2D eigenvalue weighted by Gasteiger charge is -2.26. The lowest BCUT2D eigenvalue weighted by molar-refractivity contribution is -0.146. The van der Waals surface area contributed by atoms with E-state index in [0.717, 1.165) is 19.3 Å². The van der Waals surface area contributed by atoms with Crippen molar-refractivity contribution in [3.05, 3.63) is 0 Å². The van der Waals surface area contributed by atoms with E-state index in [-0.39, 0.29) is 24.4 Å². The summed E-state index contributed by atoms with van der Waals surface area (Å²) in [6, 6.07) is 0.575. The summed E-state index contributed by atoms with van der Waals surface area (Å²) < 4.78 is 36.2. The van der Waals surface area contributed by atoms with Gasteiger partial charge in [-0.15, -0.1) is 0 Å². The Bertz CT molecular complexity index is 306. The van der Waals surface area contributed by atoms with Gasteiger partial charge >= 0.3 is 6.18 Å². The van der Waals surface area contributed by atoms with Crippen LogP contribution in [0, 0.1) is 5.92 Å². The smallest absolute Gasteiger partial charge is 0.345 e. The Kier molecular flexibility index (Phi) is 3.34. The third-order valence-corrected chi connectivity index (χ3v) is 3.72. The standard InChI is InChI=1S/C11H17F3N2O/c1-16(5-4-11(12,13)14)10(17)8-6-7-2-3-9(8)15-7/h7-9,15H,2-6H2,1H3. The third kappa shape index (κ3) is 2.91. The average molecular weight is 250 g/mol. The fourth-order valence-corrected chi connectivity index (χ4v) is 2.78. The van der Waals surface area contributed by atoms with Gasteiger partial charge in [-0.3, -0.25) is 4.79 Å². The molecule has 17 heavy (non-hydrogen) atoms. The molecule has 3 unspecified atom stereocenters. The largest absolute Gasteiger partial charge is 0.390 e. The molecule has 2 saturated heterocycles. The number of alkyl halides is 3. The van der Waals surface area contributed by atoms with Crippen LogP contribution in [-0.4, -0.2) is 42.7 Å². The third-order valence-electron chi connectivity index (χ3n) is 3.72. The Hall–Kier alpha value is -0.780. The number of nitrogens with one attached hydrogen (secondary N) is 1. The molecule has 0 aromatic rings. The minimum absolute atomic E-state index is 0.119. The molecule has 2 rings (SSSR count). The Labute approximate surface area is 98.3 Å². The normalized spacial score (nSPS) is 31.9. The predicted octanol–water partition coefficient (Wildman–Crippen LogP) is 1.54. The first-order chi connectivity index (χ1) is 7.87. The Morgan fingerprint density at radius 1 is 1.41 bits per heavy atom. The van der Waals surface area contributed by atoms with Crippen LogP contribution < -0.4 is 5.32 Å². The van der Waals surface area contributed by atoms with Crippen LogP contribution in [0.15, 0.2) is 0 Å². The second-order valence-corrected chi connectivity index (χ2v) is 5.01. The van der Waals surface area contributed by atoms with E-state index in [1.807, 2.05) is 0 Å². The van der Waals surface area contributed by atoms with E-state index >= 15 is 0 Å². The van der Waals surface area contributed by atoms with Gasteiger partial charge in [-0.25, -0.2) is 0 Å². The highest BCUT2D eigenvalue weighted by molar-refractivity contribution is 5.80. The zero-order valence-electron chi connectivity index (χ0n) is 9.76. The van der Waals surface area contributed by atoms with E-state index in [9.17, 15) is 18.0 Å². The van der Waals surface area contributed by atoms with Crippen molar-refractivity contribution in [1.29, 1.82) is 0 Å². The van der Waals surface area contributed by atoms with Crippen LogP contribution in [0.3, 0.4) is 0 Å². The minimum Gasteiger partial charge on any atom is -0.345 e. The molecule has 2 bridgehead atoms. The van der Waals surface area contributed by atoms with Gasteiger partial charge < -0.3 is 10.2 Å². The predicted molar refractivity (Wildman–Crippen MR) is 56.4 cm³/mol. The number of hydrogen-bond donors (Lipinski definition) is 1. The lowest BCUT2D eigenvalue weighted by Crippen LogP contribution is -2.40. The summed E-state index contributed by atoms with van der Waals surface area (Å²) in [6.45, 7) is -0.240. The zero-order chi connectivity index (χ0) is 12.6. The number of nitrogens with zero attached hydrogens (tertiary/aromatic N) is 1. The van der Waals surface area contributed by atoms with Crippen LogP contribution in [0.1, 0.15) is 25.7 Å². The molecule has 0 radical (unpaired) electrons. The maximum Gasteiger partial charge on any atom is 0.390 e. The van der Waals surface area contributed by atoms with Crippen LogP contribution in [0.4, 0.5) is 13.2 Å². The zero-order valence-corrected chi connectivity index (χ0v) is 9.76. The van der Waals surface area contributed by atoms with Crippen molar-refractivity contribution in [2.75, 3.05) is 13.6 Å². The van der Waals surface area contributed by atoms with Crippen molar-refractivity contribution in [3.63, 3.8) is 0 Å². The monoisotopic (exact) mass is 250 g/mol. The molecule has 1 amide bonds. The summed E-state index contributed by atoms with van der Waals surface area (Å²) in [5, 5.41) is 3.32. The van der Waals surface area contributed by atoms with Gasteiger partial charge in [0, 0.05) is 25.7 Å². The van der Waals surface area contributed by atoms with Gasteiger partial charge in [-0.1, -0.05) is 0 Å². The molecule has 2 aliphatic heterocycles. The number of rotatable bonds is 3. The van der Waals surface area contributed by atoms with E-state index in [1.165, 1.54) is 11.9 Å². The van der Waals surface area contributed by atoms with Crippen LogP contribution in [-0.2, 0) is 4.79 Å². The number of fused-ring (bicyclic) bond motifs is 2. The topological polar surface area (TPSA) is 32.3 Å². The number of halogens is 3.